The molecule has 0 radical (unpaired) electrons. The highest BCUT2D eigenvalue weighted by atomic mass is 19.4. The molecule has 1 aliphatic heterocycles. The lowest BCUT2D eigenvalue weighted by Crippen LogP contribution is -2.38. The molecule has 0 spiro atoms. The van der Waals surface area contributed by atoms with Crippen LogP contribution in [0.25, 0.3) is 17.1 Å². The summed E-state index contributed by atoms with van der Waals surface area (Å²) in [5.74, 6) is 0.0729. The van der Waals surface area contributed by atoms with Crippen LogP contribution in [0.4, 0.5) is 17.6 Å². The third-order valence-electron chi connectivity index (χ3n) is 5.65. The predicted octanol–water partition coefficient (Wildman–Crippen LogP) is 5.38. The van der Waals surface area contributed by atoms with Gasteiger partial charge in [0, 0.05) is 30.8 Å². The molecular formula is C23H21F4N3O. The van der Waals surface area contributed by atoms with E-state index in [9.17, 15) is 22.4 Å². The van der Waals surface area contributed by atoms with Crippen molar-refractivity contribution in [2.75, 3.05) is 13.1 Å². The zero-order chi connectivity index (χ0) is 22.2. The third kappa shape index (κ3) is 4.33. The molecule has 0 aliphatic carbocycles. The standard InChI is InChI=1S/C23H21F4N3O/c1-15-28-20-14-17(23(25,26)27)7-8-21(20)30(15)18-10-12-29(13-11-18)22(31)9-6-16-4-2-3-5-19(16)24/h2-9,14,18H,10-13H2,1H3/b9-6+. The zero-order valence-electron chi connectivity index (χ0n) is 16.9. The average Bonchev–Trinajstić information content (AvgIpc) is 3.07. The molecule has 1 amide bonds. The Bertz CT molecular complexity index is 1140. The van der Waals surface area contributed by atoms with Crippen molar-refractivity contribution >= 4 is 23.0 Å². The molecule has 2 aromatic carbocycles. The number of benzene rings is 2. The number of halogens is 4. The van der Waals surface area contributed by atoms with E-state index in [1.807, 2.05) is 4.57 Å². The van der Waals surface area contributed by atoms with Gasteiger partial charge < -0.3 is 9.47 Å². The molecule has 1 aromatic heterocycles. The number of hydrogen-bond donors (Lipinski definition) is 0. The highest BCUT2D eigenvalue weighted by Crippen LogP contribution is 2.34. The summed E-state index contributed by atoms with van der Waals surface area (Å²) >= 11 is 0. The minimum atomic E-state index is -4.41. The Kier molecular flexibility index (Phi) is 5.56. The van der Waals surface area contributed by atoms with E-state index in [-0.39, 0.29) is 17.8 Å². The van der Waals surface area contributed by atoms with Crippen molar-refractivity contribution in [1.29, 1.82) is 0 Å². The van der Waals surface area contributed by atoms with Crippen LogP contribution in [0.5, 0.6) is 0 Å². The molecule has 0 N–H and O–H groups in total. The summed E-state index contributed by atoms with van der Waals surface area (Å²) < 4.78 is 54.6. The number of alkyl halides is 3. The van der Waals surface area contributed by atoms with Crippen molar-refractivity contribution in [3.05, 3.63) is 71.3 Å². The van der Waals surface area contributed by atoms with Gasteiger partial charge in [-0.2, -0.15) is 13.2 Å². The van der Waals surface area contributed by atoms with Gasteiger partial charge in [0.25, 0.3) is 0 Å². The largest absolute Gasteiger partial charge is 0.416 e. The smallest absolute Gasteiger partial charge is 0.339 e. The summed E-state index contributed by atoms with van der Waals surface area (Å²) in [5, 5.41) is 0. The molecule has 31 heavy (non-hydrogen) atoms. The Labute approximate surface area is 176 Å². The molecule has 1 aliphatic rings. The van der Waals surface area contributed by atoms with Crippen molar-refractivity contribution in [2.24, 2.45) is 0 Å². The average molecular weight is 431 g/mol. The quantitative estimate of drug-likeness (QED) is 0.413. The number of fused-ring (bicyclic) bond motifs is 1. The van der Waals surface area contributed by atoms with Gasteiger partial charge in [-0.1, -0.05) is 18.2 Å². The normalized spacial score (nSPS) is 15.8. The minimum Gasteiger partial charge on any atom is -0.339 e. The maximum atomic E-state index is 13.7. The first-order valence-electron chi connectivity index (χ1n) is 10.0. The molecule has 1 fully saturated rings. The first-order valence-corrected chi connectivity index (χ1v) is 10.0. The second kappa shape index (κ2) is 8.17. The Morgan fingerprint density at radius 2 is 1.84 bits per heavy atom. The summed E-state index contributed by atoms with van der Waals surface area (Å²) in [7, 11) is 0. The number of aryl methyl sites for hydroxylation is 1. The number of rotatable bonds is 3. The van der Waals surface area contributed by atoms with Crippen LogP contribution in [0, 0.1) is 12.7 Å². The van der Waals surface area contributed by atoms with E-state index < -0.39 is 11.7 Å². The Hall–Kier alpha value is -3.16. The molecule has 0 bridgehead atoms. The number of carbonyl (C=O) groups excluding carboxylic acids is 1. The Morgan fingerprint density at radius 1 is 1.13 bits per heavy atom. The van der Waals surface area contributed by atoms with Gasteiger partial charge in [-0.25, -0.2) is 9.37 Å². The van der Waals surface area contributed by atoms with Gasteiger partial charge in [-0.15, -0.1) is 0 Å². The topological polar surface area (TPSA) is 38.1 Å². The van der Waals surface area contributed by atoms with Crippen molar-refractivity contribution in [3.8, 4) is 0 Å². The van der Waals surface area contributed by atoms with Gasteiger partial charge in [0.15, 0.2) is 0 Å². The molecular weight excluding hydrogens is 410 g/mol. The molecule has 3 aromatic rings. The third-order valence-corrected chi connectivity index (χ3v) is 5.65. The number of amides is 1. The van der Waals surface area contributed by atoms with Crippen molar-refractivity contribution in [2.45, 2.75) is 32.0 Å². The van der Waals surface area contributed by atoms with E-state index in [2.05, 4.69) is 4.98 Å². The molecule has 2 heterocycles. The minimum absolute atomic E-state index is 0.0429. The molecule has 1 saturated heterocycles. The number of nitrogens with zero attached hydrogens (tertiary/aromatic N) is 3. The van der Waals surface area contributed by atoms with Crippen LogP contribution in [0.2, 0.25) is 0 Å². The molecule has 0 saturated carbocycles. The molecule has 4 nitrogen and oxygen atoms in total. The van der Waals surface area contributed by atoms with Gasteiger partial charge in [0.2, 0.25) is 5.91 Å². The fraction of sp³-hybridized carbons (Fsp3) is 0.304. The number of piperidine rings is 1. The predicted molar refractivity (Wildman–Crippen MR) is 110 cm³/mol. The fourth-order valence-corrected chi connectivity index (χ4v) is 4.08. The second-order valence-corrected chi connectivity index (χ2v) is 7.64. The SMILES string of the molecule is Cc1nc2cc(C(F)(F)F)ccc2n1C1CCN(C(=O)/C=C/c2ccccc2F)CC1. The summed E-state index contributed by atoms with van der Waals surface area (Å²) in [6.45, 7) is 2.79. The molecule has 4 rings (SSSR count). The maximum Gasteiger partial charge on any atom is 0.416 e. The summed E-state index contributed by atoms with van der Waals surface area (Å²) in [6.07, 6.45) is -0.252. The first kappa shape index (κ1) is 21.1. The second-order valence-electron chi connectivity index (χ2n) is 7.64. The van der Waals surface area contributed by atoms with Gasteiger partial charge in [-0.05, 0) is 50.1 Å². The Balaban J connectivity index is 1.46. The number of imidazole rings is 1. The van der Waals surface area contributed by atoms with Gasteiger partial charge >= 0.3 is 6.18 Å². The lowest BCUT2D eigenvalue weighted by atomic mass is 10.0. The van der Waals surface area contributed by atoms with Crippen LogP contribution in [0.3, 0.4) is 0 Å². The highest BCUT2D eigenvalue weighted by Gasteiger charge is 2.32. The van der Waals surface area contributed by atoms with E-state index in [1.165, 1.54) is 24.3 Å². The molecule has 162 valence electrons. The number of aromatic nitrogens is 2. The lowest BCUT2D eigenvalue weighted by molar-refractivity contribution is -0.137. The molecule has 8 heteroatoms. The van der Waals surface area contributed by atoms with Crippen LogP contribution in [-0.2, 0) is 11.0 Å². The highest BCUT2D eigenvalue weighted by molar-refractivity contribution is 5.91. The van der Waals surface area contributed by atoms with Crippen LogP contribution in [0.1, 0.15) is 35.8 Å². The number of hydrogen-bond acceptors (Lipinski definition) is 2. The van der Waals surface area contributed by atoms with Crippen molar-refractivity contribution < 1.29 is 22.4 Å². The van der Waals surface area contributed by atoms with E-state index >= 15 is 0 Å². The summed E-state index contributed by atoms with van der Waals surface area (Å²) in [5.41, 5.74) is 0.615. The fourth-order valence-electron chi connectivity index (χ4n) is 4.08. The van der Waals surface area contributed by atoms with Gasteiger partial charge in [0.05, 0.1) is 16.6 Å². The number of carbonyl (C=O) groups is 1. The van der Waals surface area contributed by atoms with Crippen LogP contribution in [-0.4, -0.2) is 33.4 Å². The van der Waals surface area contributed by atoms with Crippen molar-refractivity contribution in [1.82, 2.24) is 14.5 Å². The monoisotopic (exact) mass is 431 g/mol. The van der Waals surface area contributed by atoms with E-state index in [0.717, 1.165) is 12.1 Å². The first-order chi connectivity index (χ1) is 14.7. The van der Waals surface area contributed by atoms with Crippen LogP contribution < -0.4 is 0 Å². The van der Waals surface area contributed by atoms with Crippen LogP contribution in [0.15, 0.2) is 48.5 Å². The summed E-state index contributed by atoms with van der Waals surface area (Å²) in [6, 6.07) is 9.89. The lowest BCUT2D eigenvalue weighted by Gasteiger charge is -2.33. The molecule has 0 unspecified atom stereocenters. The van der Waals surface area contributed by atoms with Gasteiger partial charge in [-0.3, -0.25) is 4.79 Å². The Morgan fingerprint density at radius 3 is 2.52 bits per heavy atom. The summed E-state index contributed by atoms with van der Waals surface area (Å²) in [4.78, 5) is 18.5. The number of likely N-dealkylation sites (tertiary alicyclic amines) is 1. The van der Waals surface area contributed by atoms with E-state index in [1.54, 1.807) is 30.0 Å². The van der Waals surface area contributed by atoms with Crippen molar-refractivity contribution in [3.63, 3.8) is 0 Å². The van der Waals surface area contributed by atoms with Gasteiger partial charge in [0.1, 0.15) is 11.6 Å². The maximum absolute atomic E-state index is 13.7. The van der Waals surface area contributed by atoms with E-state index in [0.29, 0.717) is 48.4 Å². The van der Waals surface area contributed by atoms with Crippen LogP contribution >= 0.6 is 0 Å². The zero-order valence-corrected chi connectivity index (χ0v) is 16.9. The van der Waals surface area contributed by atoms with E-state index in [4.69, 9.17) is 0 Å². The molecule has 0 atom stereocenters.